The van der Waals surface area contributed by atoms with Gasteiger partial charge in [-0.25, -0.2) is 18.0 Å². The standard InChI is InChI=1S/C50H63F3N6O5Si/c1-29(2)65(30(3)4,31(5)6)17-16-38-41(52)15-12-33-18-37(63-28-61-11)19-39(42(33)38)44-43(53)45-40(22-54-44)46(57-25-35-13-14-36(26-57)59(35)48(60)64-49(8,9)10)56-47(55-45)62-27-50-20-32(7)23-58(50)24-34(51)21-50/h12,15,18-19,22,29-31,34-36H,7,13-14,20-21,23-28H2,1-6,8-11H3/t34-,35-,36+,50+/m0/s1. The first-order valence-corrected chi connectivity index (χ1v) is 25.2. The highest BCUT2D eigenvalue weighted by molar-refractivity contribution is 6.90. The maximum absolute atomic E-state index is 17.9. The number of nitrogens with zero attached hydrogens (tertiary/aromatic N) is 6. The Balaban J connectivity index is 1.29. The van der Waals surface area contributed by atoms with Crippen LogP contribution in [0.15, 0.2) is 42.6 Å². The molecule has 4 saturated heterocycles. The Morgan fingerprint density at radius 3 is 2.34 bits per heavy atom. The molecule has 0 radical (unpaired) electrons. The maximum Gasteiger partial charge on any atom is 0.410 e. The Morgan fingerprint density at radius 2 is 1.69 bits per heavy atom. The molecule has 6 heterocycles. The summed E-state index contributed by atoms with van der Waals surface area (Å²) in [5, 5.41) is 1.32. The molecule has 2 bridgehead atoms. The summed E-state index contributed by atoms with van der Waals surface area (Å²) in [6, 6.07) is 6.01. The largest absolute Gasteiger partial charge is 0.468 e. The van der Waals surface area contributed by atoms with Crippen molar-refractivity contribution in [1.82, 2.24) is 24.8 Å². The molecule has 4 atom stereocenters. The van der Waals surface area contributed by atoms with Crippen LogP contribution >= 0.6 is 0 Å². The van der Waals surface area contributed by atoms with Gasteiger partial charge in [0.15, 0.2) is 12.6 Å². The number of pyridine rings is 1. The van der Waals surface area contributed by atoms with Gasteiger partial charge < -0.3 is 23.8 Å². The van der Waals surface area contributed by atoms with Crippen LogP contribution in [0.25, 0.3) is 32.9 Å². The third-order valence-electron chi connectivity index (χ3n) is 14.1. The second-order valence-electron chi connectivity index (χ2n) is 20.5. The first kappa shape index (κ1) is 46.6. The summed E-state index contributed by atoms with van der Waals surface area (Å²) < 4.78 is 72.7. The van der Waals surface area contributed by atoms with E-state index >= 15 is 8.78 Å². The number of benzene rings is 2. The van der Waals surface area contributed by atoms with Crippen LogP contribution < -0.4 is 14.4 Å². The maximum atomic E-state index is 17.9. The van der Waals surface area contributed by atoms with E-state index in [9.17, 15) is 9.18 Å². The number of hydrogen-bond acceptors (Lipinski definition) is 10. The average molecular weight is 913 g/mol. The zero-order valence-corrected chi connectivity index (χ0v) is 40.5. The third-order valence-corrected chi connectivity index (χ3v) is 20.4. The number of aromatic nitrogens is 3. The summed E-state index contributed by atoms with van der Waals surface area (Å²) in [6.45, 7) is 24.6. The van der Waals surface area contributed by atoms with Crippen LogP contribution in [0.4, 0.5) is 23.8 Å². The molecule has 348 valence electrons. The van der Waals surface area contributed by atoms with E-state index in [1.54, 1.807) is 24.4 Å². The molecule has 0 saturated carbocycles. The van der Waals surface area contributed by atoms with Crippen LogP contribution in [0.1, 0.15) is 93.6 Å². The summed E-state index contributed by atoms with van der Waals surface area (Å²) in [6.07, 6.45) is 2.55. The Bertz CT molecular complexity index is 2540. The van der Waals surface area contributed by atoms with E-state index in [1.807, 2.05) is 30.6 Å². The highest BCUT2D eigenvalue weighted by atomic mass is 28.3. The SMILES string of the molecule is C=C1CN2C[C@@H](F)C[C@@]2(COc2nc(N3C[C@H]4CC[C@@H](C3)N4C(=O)OC(C)(C)C)c3cnc(-c4cc(OCOC)cc5ccc(F)c(C#C[Si](C(C)C)(C(C)C)C(C)C)c45)c(F)c3n2)C1. The molecule has 4 aliphatic heterocycles. The Hall–Kier alpha value is -4.91. The van der Waals surface area contributed by atoms with Crippen LogP contribution in [0.3, 0.4) is 0 Å². The molecule has 11 nitrogen and oxygen atoms in total. The normalized spacial score (nSPS) is 22.4. The predicted molar refractivity (Wildman–Crippen MR) is 251 cm³/mol. The number of carbonyl (C=O) groups is 1. The minimum absolute atomic E-state index is 0.0526. The van der Waals surface area contributed by atoms with Crippen molar-refractivity contribution in [3.05, 3.63) is 59.8 Å². The number of hydrogen-bond donors (Lipinski definition) is 0. The highest BCUT2D eigenvalue weighted by Crippen LogP contribution is 2.45. The van der Waals surface area contributed by atoms with E-state index in [1.165, 1.54) is 13.2 Å². The van der Waals surface area contributed by atoms with Gasteiger partial charge >= 0.3 is 12.1 Å². The smallest absolute Gasteiger partial charge is 0.410 e. The number of piperazine rings is 1. The molecular formula is C50H63F3N6O5Si. The molecule has 0 unspecified atom stereocenters. The minimum Gasteiger partial charge on any atom is -0.468 e. The van der Waals surface area contributed by atoms with Crippen molar-refractivity contribution in [1.29, 1.82) is 0 Å². The molecule has 4 aliphatic rings. The quantitative estimate of drug-likeness (QED) is 0.0626. The van der Waals surface area contributed by atoms with Crippen molar-refractivity contribution in [2.75, 3.05) is 51.6 Å². The molecule has 2 aromatic heterocycles. The van der Waals surface area contributed by atoms with Gasteiger partial charge in [0.2, 0.25) is 0 Å². The van der Waals surface area contributed by atoms with Gasteiger partial charge in [-0.05, 0) is 80.2 Å². The molecule has 4 fully saturated rings. The number of amides is 1. The zero-order chi connectivity index (χ0) is 46.7. The van der Waals surface area contributed by atoms with E-state index in [0.29, 0.717) is 70.4 Å². The summed E-state index contributed by atoms with van der Waals surface area (Å²) in [7, 11) is -0.829. The summed E-state index contributed by atoms with van der Waals surface area (Å²) in [4.78, 5) is 33.8. The number of anilines is 1. The van der Waals surface area contributed by atoms with Crippen molar-refractivity contribution >= 4 is 41.7 Å². The first-order valence-electron chi connectivity index (χ1n) is 23.0. The van der Waals surface area contributed by atoms with E-state index < -0.39 is 37.0 Å². The molecule has 4 aromatic rings. The number of rotatable bonds is 11. The highest BCUT2D eigenvalue weighted by Gasteiger charge is 2.51. The van der Waals surface area contributed by atoms with Gasteiger partial charge in [0, 0.05) is 56.9 Å². The van der Waals surface area contributed by atoms with Crippen LogP contribution in [0.5, 0.6) is 11.8 Å². The number of alkyl halides is 1. The van der Waals surface area contributed by atoms with Gasteiger partial charge in [0.25, 0.3) is 0 Å². The summed E-state index contributed by atoms with van der Waals surface area (Å²) in [5.74, 6) is 2.81. The zero-order valence-electron chi connectivity index (χ0n) is 39.5. The van der Waals surface area contributed by atoms with Crippen molar-refractivity contribution in [3.63, 3.8) is 0 Å². The molecule has 0 spiro atoms. The van der Waals surface area contributed by atoms with Crippen molar-refractivity contribution < 1.29 is 36.9 Å². The van der Waals surface area contributed by atoms with Crippen LogP contribution in [-0.2, 0) is 9.47 Å². The minimum atomic E-state index is -2.34. The number of carbonyl (C=O) groups excluding carboxylic acids is 1. The predicted octanol–water partition coefficient (Wildman–Crippen LogP) is 10.4. The molecule has 8 rings (SSSR count). The van der Waals surface area contributed by atoms with Gasteiger partial charge in [0.1, 0.15) is 55.0 Å². The molecule has 1 amide bonds. The lowest BCUT2D eigenvalue weighted by Gasteiger charge is -2.42. The topological polar surface area (TPSA) is 102 Å². The second-order valence-corrected chi connectivity index (χ2v) is 26.1. The number of methoxy groups -OCH3 is 1. The Morgan fingerprint density at radius 1 is 1.00 bits per heavy atom. The van der Waals surface area contributed by atoms with Gasteiger partial charge in [0.05, 0.1) is 28.6 Å². The summed E-state index contributed by atoms with van der Waals surface area (Å²) in [5.41, 5.74) is 4.56. The van der Waals surface area contributed by atoms with Crippen LogP contribution in [-0.4, -0.2) is 115 Å². The lowest BCUT2D eigenvalue weighted by Crippen LogP contribution is -2.57. The molecule has 65 heavy (non-hydrogen) atoms. The fourth-order valence-electron chi connectivity index (χ4n) is 11.4. The van der Waals surface area contributed by atoms with Gasteiger partial charge in [-0.1, -0.05) is 65.7 Å². The fraction of sp³-hybridized carbons (Fsp3) is 0.560. The monoisotopic (exact) mass is 912 g/mol. The lowest BCUT2D eigenvalue weighted by molar-refractivity contribution is 0.0122. The molecular weight excluding hydrogens is 850 g/mol. The molecule has 0 N–H and O–H groups in total. The van der Waals surface area contributed by atoms with Crippen molar-refractivity contribution in [2.45, 2.75) is 134 Å². The van der Waals surface area contributed by atoms with Crippen molar-refractivity contribution in [3.8, 4) is 34.5 Å². The van der Waals surface area contributed by atoms with E-state index in [4.69, 9.17) is 33.9 Å². The molecule has 2 aromatic carbocycles. The van der Waals surface area contributed by atoms with E-state index in [-0.39, 0.29) is 72.9 Å². The van der Waals surface area contributed by atoms with E-state index in [2.05, 4.69) is 64.5 Å². The number of ether oxygens (including phenoxy) is 4. The molecule has 15 heteroatoms. The van der Waals surface area contributed by atoms with Gasteiger partial charge in [-0.2, -0.15) is 9.97 Å². The average Bonchev–Trinajstić information content (AvgIpc) is 3.80. The lowest BCUT2D eigenvalue weighted by atomic mass is 9.93. The van der Waals surface area contributed by atoms with Crippen LogP contribution in [0, 0.1) is 23.1 Å². The van der Waals surface area contributed by atoms with Crippen molar-refractivity contribution in [2.24, 2.45) is 0 Å². The fourth-order valence-corrected chi connectivity index (χ4v) is 16.6. The number of fused-ring (bicyclic) bond motifs is 5. The summed E-state index contributed by atoms with van der Waals surface area (Å²) >= 11 is 0. The molecule has 0 aliphatic carbocycles. The Kier molecular flexibility index (Phi) is 12.7. The Labute approximate surface area is 382 Å². The van der Waals surface area contributed by atoms with Gasteiger partial charge in [-0.3, -0.25) is 14.8 Å². The van der Waals surface area contributed by atoms with Gasteiger partial charge in [-0.15, -0.1) is 5.54 Å². The number of halogens is 3. The van der Waals surface area contributed by atoms with E-state index in [0.717, 1.165) is 18.4 Å². The second kappa shape index (κ2) is 17.7. The first-order chi connectivity index (χ1) is 30.7. The van der Waals surface area contributed by atoms with Crippen LogP contribution in [0.2, 0.25) is 16.6 Å². The third kappa shape index (κ3) is 8.66.